The zero-order chi connectivity index (χ0) is 13.9. The Bertz CT molecular complexity index is 543. The summed E-state index contributed by atoms with van der Waals surface area (Å²) in [7, 11) is 1.77. The summed E-state index contributed by atoms with van der Waals surface area (Å²) in [6, 6.07) is 4.33. The number of H-pyrrole nitrogens is 1. The molecule has 3 heterocycles. The van der Waals surface area contributed by atoms with Crippen LogP contribution in [0.15, 0.2) is 35.2 Å². The number of halogens is 1. The molecule has 0 aromatic carbocycles. The molecule has 2 aromatic rings. The van der Waals surface area contributed by atoms with Gasteiger partial charge in [0, 0.05) is 43.3 Å². The third-order valence-corrected chi connectivity index (χ3v) is 4.16. The Morgan fingerprint density at radius 1 is 1.45 bits per heavy atom. The minimum absolute atomic E-state index is 0.251. The SMILES string of the molecule is CO[C@@H]1CC(c2ncc[nH]2)N(Cc2ccc(Br)cn2)C1. The lowest BCUT2D eigenvalue weighted by Crippen LogP contribution is -2.25. The quantitative estimate of drug-likeness (QED) is 0.932. The van der Waals surface area contributed by atoms with Crippen LogP contribution >= 0.6 is 15.9 Å². The van der Waals surface area contributed by atoms with Gasteiger partial charge in [-0.1, -0.05) is 0 Å². The van der Waals surface area contributed by atoms with E-state index in [2.05, 4.69) is 35.8 Å². The minimum Gasteiger partial charge on any atom is -0.380 e. The number of ether oxygens (including phenoxy) is 1. The minimum atomic E-state index is 0.251. The molecule has 2 aromatic heterocycles. The summed E-state index contributed by atoms with van der Waals surface area (Å²) in [5.41, 5.74) is 1.06. The van der Waals surface area contributed by atoms with E-state index in [4.69, 9.17) is 4.74 Å². The Balaban J connectivity index is 1.77. The first-order valence-corrected chi connectivity index (χ1v) is 7.42. The van der Waals surface area contributed by atoms with Crippen LogP contribution in [0.2, 0.25) is 0 Å². The molecule has 106 valence electrons. The molecule has 0 radical (unpaired) electrons. The molecule has 20 heavy (non-hydrogen) atoms. The Hall–Kier alpha value is -1.24. The molecular formula is C14H17BrN4O. The second-order valence-electron chi connectivity index (χ2n) is 4.98. The average molecular weight is 337 g/mol. The van der Waals surface area contributed by atoms with Crippen molar-refractivity contribution in [1.82, 2.24) is 19.9 Å². The van der Waals surface area contributed by atoms with Gasteiger partial charge in [-0.15, -0.1) is 0 Å². The highest BCUT2D eigenvalue weighted by molar-refractivity contribution is 9.10. The summed E-state index contributed by atoms with van der Waals surface area (Å²) in [5, 5.41) is 0. The Morgan fingerprint density at radius 3 is 3.00 bits per heavy atom. The van der Waals surface area contributed by atoms with E-state index in [0.717, 1.165) is 35.5 Å². The van der Waals surface area contributed by atoms with Gasteiger partial charge >= 0.3 is 0 Å². The summed E-state index contributed by atoms with van der Waals surface area (Å²) < 4.78 is 6.52. The predicted molar refractivity (Wildman–Crippen MR) is 79.1 cm³/mol. The second-order valence-corrected chi connectivity index (χ2v) is 5.90. The highest BCUT2D eigenvalue weighted by atomic mass is 79.9. The van der Waals surface area contributed by atoms with Crippen molar-refractivity contribution in [3.05, 3.63) is 46.7 Å². The van der Waals surface area contributed by atoms with Crippen molar-refractivity contribution in [2.45, 2.75) is 25.1 Å². The van der Waals surface area contributed by atoms with Crippen LogP contribution in [-0.2, 0) is 11.3 Å². The summed E-state index contributed by atoms with van der Waals surface area (Å²) in [6.07, 6.45) is 6.71. The van der Waals surface area contributed by atoms with Gasteiger partial charge in [0.1, 0.15) is 5.82 Å². The lowest BCUT2D eigenvalue weighted by Gasteiger charge is -2.22. The maximum atomic E-state index is 5.52. The van der Waals surface area contributed by atoms with Crippen molar-refractivity contribution in [2.75, 3.05) is 13.7 Å². The first kappa shape index (κ1) is 13.7. The van der Waals surface area contributed by atoms with Gasteiger partial charge in [0.25, 0.3) is 0 Å². The van der Waals surface area contributed by atoms with Gasteiger partial charge < -0.3 is 9.72 Å². The normalized spacial score (nSPS) is 23.3. The van der Waals surface area contributed by atoms with Gasteiger partial charge in [-0.05, 0) is 34.5 Å². The van der Waals surface area contributed by atoms with Crippen molar-refractivity contribution in [3.8, 4) is 0 Å². The first-order valence-electron chi connectivity index (χ1n) is 6.63. The van der Waals surface area contributed by atoms with Crippen LogP contribution in [0.3, 0.4) is 0 Å². The highest BCUT2D eigenvalue weighted by Gasteiger charge is 2.34. The van der Waals surface area contributed by atoms with Crippen LogP contribution in [0.1, 0.15) is 24.0 Å². The predicted octanol–water partition coefficient (Wildman–Crippen LogP) is 2.53. The summed E-state index contributed by atoms with van der Waals surface area (Å²) in [5.74, 6) is 1.00. The number of pyridine rings is 1. The first-order chi connectivity index (χ1) is 9.76. The van der Waals surface area contributed by atoms with E-state index in [9.17, 15) is 0 Å². The van der Waals surface area contributed by atoms with Crippen LogP contribution in [0.4, 0.5) is 0 Å². The summed E-state index contributed by atoms with van der Waals surface area (Å²) in [4.78, 5) is 14.4. The molecule has 0 bridgehead atoms. The number of rotatable bonds is 4. The van der Waals surface area contributed by atoms with Gasteiger partial charge in [-0.25, -0.2) is 4.98 Å². The standard InChI is InChI=1S/C14H17BrN4O/c1-20-12-6-13(14-16-4-5-17-14)19(9-12)8-11-3-2-10(15)7-18-11/h2-5,7,12-13H,6,8-9H2,1H3,(H,16,17)/t12-,13?/m1/s1. The van der Waals surface area contributed by atoms with Crippen LogP contribution in [0, 0.1) is 0 Å². The molecule has 1 unspecified atom stereocenters. The van der Waals surface area contributed by atoms with E-state index in [1.165, 1.54) is 0 Å². The fourth-order valence-electron chi connectivity index (χ4n) is 2.66. The third kappa shape index (κ3) is 2.92. The third-order valence-electron chi connectivity index (χ3n) is 3.69. The molecule has 0 spiro atoms. The second kappa shape index (κ2) is 6.03. The molecule has 3 rings (SSSR count). The Labute approximate surface area is 126 Å². The fraction of sp³-hybridized carbons (Fsp3) is 0.429. The molecule has 0 saturated carbocycles. The van der Waals surface area contributed by atoms with Gasteiger partial charge in [0.05, 0.1) is 17.8 Å². The number of hydrogen-bond donors (Lipinski definition) is 1. The number of aromatic amines is 1. The van der Waals surface area contributed by atoms with Gasteiger partial charge in [-0.2, -0.15) is 0 Å². The van der Waals surface area contributed by atoms with Crippen molar-refractivity contribution < 1.29 is 4.74 Å². The molecule has 1 aliphatic rings. The Morgan fingerprint density at radius 2 is 2.35 bits per heavy atom. The van der Waals surface area contributed by atoms with Crippen molar-refractivity contribution in [3.63, 3.8) is 0 Å². The van der Waals surface area contributed by atoms with Crippen LogP contribution < -0.4 is 0 Å². The fourth-order valence-corrected chi connectivity index (χ4v) is 2.89. The molecule has 1 fully saturated rings. The van der Waals surface area contributed by atoms with Crippen molar-refractivity contribution in [1.29, 1.82) is 0 Å². The van der Waals surface area contributed by atoms with E-state index in [-0.39, 0.29) is 12.1 Å². The highest BCUT2D eigenvalue weighted by Crippen LogP contribution is 2.32. The lowest BCUT2D eigenvalue weighted by molar-refractivity contribution is 0.107. The van der Waals surface area contributed by atoms with E-state index in [0.29, 0.717) is 0 Å². The molecular weight excluding hydrogens is 320 g/mol. The number of methoxy groups -OCH3 is 1. The molecule has 1 aliphatic heterocycles. The zero-order valence-corrected chi connectivity index (χ0v) is 12.9. The van der Waals surface area contributed by atoms with Crippen LogP contribution in [-0.4, -0.2) is 39.6 Å². The van der Waals surface area contributed by atoms with Crippen LogP contribution in [0.25, 0.3) is 0 Å². The van der Waals surface area contributed by atoms with E-state index in [1.54, 1.807) is 13.3 Å². The van der Waals surface area contributed by atoms with Gasteiger partial charge in [0.2, 0.25) is 0 Å². The average Bonchev–Trinajstić information content (AvgIpc) is 3.10. The van der Waals surface area contributed by atoms with Crippen LogP contribution in [0.5, 0.6) is 0 Å². The number of likely N-dealkylation sites (tertiary alicyclic amines) is 1. The number of aromatic nitrogens is 3. The topological polar surface area (TPSA) is 54.0 Å². The van der Waals surface area contributed by atoms with Crippen molar-refractivity contribution in [2.24, 2.45) is 0 Å². The van der Waals surface area contributed by atoms with E-state index >= 15 is 0 Å². The monoisotopic (exact) mass is 336 g/mol. The number of nitrogens with one attached hydrogen (secondary N) is 1. The molecule has 5 nitrogen and oxygen atoms in total. The lowest BCUT2D eigenvalue weighted by atomic mass is 10.2. The Kier molecular flexibility index (Phi) is 4.14. The molecule has 1 N–H and O–H groups in total. The van der Waals surface area contributed by atoms with Crippen molar-refractivity contribution >= 4 is 15.9 Å². The maximum absolute atomic E-state index is 5.52. The van der Waals surface area contributed by atoms with Gasteiger partial charge in [-0.3, -0.25) is 9.88 Å². The summed E-state index contributed by atoms with van der Waals surface area (Å²) >= 11 is 3.41. The number of hydrogen-bond acceptors (Lipinski definition) is 4. The number of imidazole rings is 1. The molecule has 0 amide bonds. The molecule has 1 saturated heterocycles. The van der Waals surface area contributed by atoms with E-state index in [1.807, 2.05) is 24.5 Å². The largest absolute Gasteiger partial charge is 0.380 e. The van der Waals surface area contributed by atoms with E-state index < -0.39 is 0 Å². The summed E-state index contributed by atoms with van der Waals surface area (Å²) in [6.45, 7) is 1.71. The molecule has 0 aliphatic carbocycles. The van der Waals surface area contributed by atoms with Gasteiger partial charge in [0.15, 0.2) is 0 Å². The number of nitrogens with zero attached hydrogens (tertiary/aromatic N) is 3. The molecule has 2 atom stereocenters. The maximum Gasteiger partial charge on any atom is 0.123 e. The molecule has 6 heteroatoms. The smallest absolute Gasteiger partial charge is 0.123 e. The zero-order valence-electron chi connectivity index (χ0n) is 11.3.